The van der Waals surface area contributed by atoms with Crippen LogP contribution in [0, 0.1) is 5.82 Å². The average molecular weight is 576 g/mol. The predicted octanol–water partition coefficient (Wildman–Crippen LogP) is 5.35. The average Bonchev–Trinajstić information content (AvgIpc) is 3.34. The van der Waals surface area contributed by atoms with Gasteiger partial charge in [-0.1, -0.05) is 12.1 Å². The normalized spacial score (nSPS) is 17.7. The van der Waals surface area contributed by atoms with Crippen LogP contribution in [-0.2, 0) is 34.1 Å². The molecule has 1 fully saturated rings. The van der Waals surface area contributed by atoms with Gasteiger partial charge in [-0.3, -0.25) is 4.90 Å². The molecule has 0 radical (unpaired) electrons. The van der Waals surface area contributed by atoms with E-state index >= 15 is 0 Å². The maximum atomic E-state index is 14.0. The molecule has 40 heavy (non-hydrogen) atoms. The number of ether oxygens (including phenoxy) is 2. The second-order valence-electron chi connectivity index (χ2n) is 9.71. The summed E-state index contributed by atoms with van der Waals surface area (Å²) >= 11 is 0. The van der Waals surface area contributed by atoms with E-state index in [9.17, 15) is 30.7 Å². The first-order valence-electron chi connectivity index (χ1n) is 12.3. The number of alkyl halides is 6. The van der Waals surface area contributed by atoms with Gasteiger partial charge >= 0.3 is 12.4 Å². The summed E-state index contributed by atoms with van der Waals surface area (Å²) < 4.78 is 108. The monoisotopic (exact) mass is 575 g/mol. The van der Waals surface area contributed by atoms with Crippen LogP contribution < -0.4 is 0 Å². The number of nitrogens with one attached hydrogen (secondary N) is 1. The number of rotatable bonds is 8. The number of morpholine rings is 1. The fourth-order valence-corrected chi connectivity index (χ4v) is 4.69. The molecule has 2 aromatic carbocycles. The topological polar surface area (TPSA) is 66.5 Å². The first kappa shape index (κ1) is 29.9. The molecule has 7 nitrogen and oxygen atoms in total. The highest BCUT2D eigenvalue weighted by Gasteiger charge is 2.48. The van der Waals surface area contributed by atoms with E-state index in [1.165, 1.54) is 31.2 Å². The zero-order valence-corrected chi connectivity index (χ0v) is 21.9. The Morgan fingerprint density at radius 2 is 1.50 bits per heavy atom. The van der Waals surface area contributed by atoms with Crippen molar-refractivity contribution >= 4 is 0 Å². The summed E-state index contributed by atoms with van der Waals surface area (Å²) in [5.41, 5.74) is -3.92. The lowest BCUT2D eigenvalue weighted by atomic mass is 9.93. The third-order valence-electron chi connectivity index (χ3n) is 6.53. The van der Waals surface area contributed by atoms with Gasteiger partial charge in [0.25, 0.3) is 0 Å². The SMILES string of the molecule is C[C@@H](OC(c1ccc(F)cc1)(c1n[nH]nc1CN(C)C)N1CCOCC1)c1cc(C(F)(F)F)cc(C(F)(F)F)c1. The lowest BCUT2D eigenvalue weighted by Gasteiger charge is -2.46. The molecule has 1 saturated heterocycles. The van der Waals surface area contributed by atoms with Gasteiger partial charge in [0.2, 0.25) is 0 Å². The molecular formula is C26H28F7N5O2. The number of H-pyrrole nitrogens is 1. The number of halogens is 7. The summed E-state index contributed by atoms with van der Waals surface area (Å²) in [5.74, 6) is -0.547. The van der Waals surface area contributed by atoms with Gasteiger partial charge in [-0.15, -0.1) is 0 Å². The number of hydrogen-bond donors (Lipinski definition) is 1. The Balaban J connectivity index is 1.93. The van der Waals surface area contributed by atoms with Crippen LogP contribution in [0.15, 0.2) is 42.5 Å². The van der Waals surface area contributed by atoms with Gasteiger partial charge in [-0.25, -0.2) is 4.39 Å². The van der Waals surface area contributed by atoms with E-state index in [0.29, 0.717) is 23.4 Å². The minimum atomic E-state index is -5.03. The van der Waals surface area contributed by atoms with Crippen LogP contribution in [0.5, 0.6) is 0 Å². The van der Waals surface area contributed by atoms with Crippen LogP contribution in [0.1, 0.15) is 46.7 Å². The van der Waals surface area contributed by atoms with E-state index < -0.39 is 41.1 Å². The third-order valence-corrected chi connectivity index (χ3v) is 6.53. The molecule has 0 spiro atoms. The second kappa shape index (κ2) is 11.4. The quantitative estimate of drug-likeness (QED) is 0.366. The van der Waals surface area contributed by atoms with Crippen molar-refractivity contribution in [1.82, 2.24) is 25.2 Å². The third kappa shape index (κ3) is 6.29. The van der Waals surface area contributed by atoms with Gasteiger partial charge in [0.15, 0.2) is 5.72 Å². The number of hydrogen-bond acceptors (Lipinski definition) is 6. The van der Waals surface area contributed by atoms with E-state index in [2.05, 4.69) is 15.4 Å². The Labute approximate surface area is 225 Å². The summed E-state index contributed by atoms with van der Waals surface area (Å²) in [4.78, 5) is 3.62. The molecule has 0 aliphatic carbocycles. The van der Waals surface area contributed by atoms with Crippen molar-refractivity contribution in [3.63, 3.8) is 0 Å². The second-order valence-corrected chi connectivity index (χ2v) is 9.71. The van der Waals surface area contributed by atoms with Crippen molar-refractivity contribution in [2.45, 2.75) is 37.7 Å². The minimum absolute atomic E-state index is 0.0677. The van der Waals surface area contributed by atoms with Crippen molar-refractivity contribution in [3.05, 3.63) is 81.9 Å². The molecule has 14 heteroatoms. The Kier molecular flexibility index (Phi) is 8.54. The number of aromatic nitrogens is 3. The molecule has 0 bridgehead atoms. The van der Waals surface area contributed by atoms with Crippen molar-refractivity contribution in [3.8, 4) is 0 Å². The van der Waals surface area contributed by atoms with E-state index in [0.717, 1.165) is 0 Å². The molecule has 218 valence electrons. The lowest BCUT2D eigenvalue weighted by Crippen LogP contribution is -2.54. The standard InChI is InChI=1S/C26H28F7N5O2/c1-16(17-12-19(25(28,29)30)14-20(13-17)26(31,32)33)40-24(38-8-10-39-11-9-38,18-4-6-21(27)7-5-18)23-22(15-37(2)3)34-36-35-23/h4-7,12-14,16H,8-11,15H2,1-3H3,(H,34,35,36)/t16-,24?/m1/s1. The van der Waals surface area contributed by atoms with E-state index in [4.69, 9.17) is 9.47 Å². The first-order valence-corrected chi connectivity index (χ1v) is 12.3. The largest absolute Gasteiger partial charge is 0.416 e. The zero-order chi connectivity index (χ0) is 29.3. The smallest absolute Gasteiger partial charge is 0.379 e. The number of benzene rings is 2. The van der Waals surface area contributed by atoms with Crippen molar-refractivity contribution < 1.29 is 40.2 Å². The molecule has 0 amide bonds. The van der Waals surface area contributed by atoms with Crippen LogP contribution in [0.2, 0.25) is 0 Å². The van der Waals surface area contributed by atoms with Crippen molar-refractivity contribution in [2.75, 3.05) is 40.4 Å². The Bertz CT molecular complexity index is 1260. The van der Waals surface area contributed by atoms with Crippen molar-refractivity contribution in [1.29, 1.82) is 0 Å². The summed E-state index contributed by atoms with van der Waals surface area (Å²) in [7, 11) is 3.58. The number of aromatic amines is 1. The van der Waals surface area contributed by atoms with E-state index in [-0.39, 0.29) is 50.2 Å². The molecule has 1 aliphatic heterocycles. The van der Waals surface area contributed by atoms with Gasteiger partial charge in [0.05, 0.1) is 30.4 Å². The number of nitrogens with zero attached hydrogens (tertiary/aromatic N) is 4. The molecular weight excluding hydrogens is 547 g/mol. The highest BCUT2D eigenvalue weighted by atomic mass is 19.4. The summed E-state index contributed by atoms with van der Waals surface area (Å²) in [6.07, 6.45) is -11.4. The molecule has 2 atom stereocenters. The molecule has 2 heterocycles. The zero-order valence-electron chi connectivity index (χ0n) is 21.9. The fourth-order valence-electron chi connectivity index (χ4n) is 4.69. The van der Waals surface area contributed by atoms with Crippen LogP contribution >= 0.6 is 0 Å². The maximum Gasteiger partial charge on any atom is 0.416 e. The molecule has 1 unspecified atom stereocenters. The van der Waals surface area contributed by atoms with Gasteiger partial charge in [-0.05, 0) is 56.9 Å². The lowest BCUT2D eigenvalue weighted by molar-refractivity contribution is -0.188. The molecule has 0 saturated carbocycles. The van der Waals surface area contributed by atoms with Gasteiger partial charge in [0.1, 0.15) is 17.2 Å². The van der Waals surface area contributed by atoms with Gasteiger partial charge in [0, 0.05) is 25.2 Å². The highest BCUT2D eigenvalue weighted by molar-refractivity contribution is 5.37. The maximum absolute atomic E-state index is 14.0. The Hall–Kier alpha value is -3.07. The Morgan fingerprint density at radius 3 is 2.02 bits per heavy atom. The van der Waals surface area contributed by atoms with E-state index in [1.54, 1.807) is 14.1 Å². The van der Waals surface area contributed by atoms with Crippen LogP contribution in [0.3, 0.4) is 0 Å². The van der Waals surface area contributed by atoms with Gasteiger partial charge in [-0.2, -0.15) is 41.8 Å². The van der Waals surface area contributed by atoms with Crippen LogP contribution in [0.4, 0.5) is 30.7 Å². The van der Waals surface area contributed by atoms with Crippen LogP contribution in [0.25, 0.3) is 0 Å². The molecule has 4 rings (SSSR count). The molecule has 1 aromatic heterocycles. The summed E-state index contributed by atoms with van der Waals surface area (Å²) in [6.45, 7) is 2.72. The van der Waals surface area contributed by atoms with Crippen molar-refractivity contribution in [2.24, 2.45) is 0 Å². The Morgan fingerprint density at radius 1 is 0.925 bits per heavy atom. The summed E-state index contributed by atoms with van der Waals surface area (Å²) in [5, 5.41) is 11.2. The fraction of sp³-hybridized carbons (Fsp3) is 0.462. The highest BCUT2D eigenvalue weighted by Crippen LogP contribution is 2.44. The molecule has 1 aliphatic rings. The predicted molar refractivity (Wildman–Crippen MR) is 129 cm³/mol. The van der Waals surface area contributed by atoms with Gasteiger partial charge < -0.3 is 14.4 Å². The minimum Gasteiger partial charge on any atom is -0.379 e. The first-order chi connectivity index (χ1) is 18.7. The molecule has 1 N–H and O–H groups in total. The van der Waals surface area contributed by atoms with E-state index in [1.807, 2.05) is 9.80 Å². The van der Waals surface area contributed by atoms with Crippen LogP contribution in [-0.4, -0.2) is 65.6 Å². The summed E-state index contributed by atoms with van der Waals surface area (Å²) in [6, 6.07) is 6.61. The molecule has 3 aromatic rings.